The van der Waals surface area contributed by atoms with Gasteiger partial charge in [0.25, 0.3) is 0 Å². The first-order valence-electron chi connectivity index (χ1n) is 7.64. The Labute approximate surface area is 135 Å². The first-order valence-corrected chi connectivity index (χ1v) is 7.64. The molecule has 1 amide bonds. The molecule has 1 aliphatic heterocycles. The summed E-state index contributed by atoms with van der Waals surface area (Å²) in [7, 11) is 1.45. The summed E-state index contributed by atoms with van der Waals surface area (Å²) in [5, 5.41) is 9.44. The summed E-state index contributed by atoms with van der Waals surface area (Å²) in [5.74, 6) is -1.82. The molecule has 0 saturated carbocycles. The molecule has 5 nitrogen and oxygen atoms in total. The fourth-order valence-corrected chi connectivity index (χ4v) is 3.08. The van der Waals surface area contributed by atoms with E-state index in [2.05, 4.69) is 0 Å². The molecule has 23 heavy (non-hydrogen) atoms. The highest BCUT2D eigenvalue weighted by Gasteiger charge is 2.46. The van der Waals surface area contributed by atoms with Crippen molar-refractivity contribution in [1.29, 1.82) is 0 Å². The van der Waals surface area contributed by atoms with Crippen molar-refractivity contribution >= 4 is 11.9 Å². The maximum Gasteiger partial charge on any atom is 0.313 e. The molecule has 0 aromatic heterocycles. The van der Waals surface area contributed by atoms with E-state index in [-0.39, 0.29) is 24.9 Å². The second kappa shape index (κ2) is 7.08. The van der Waals surface area contributed by atoms with E-state index in [1.54, 1.807) is 30.0 Å². The van der Waals surface area contributed by atoms with Crippen molar-refractivity contribution in [3.05, 3.63) is 35.6 Å². The molecule has 1 aromatic rings. The Morgan fingerprint density at radius 3 is 2.74 bits per heavy atom. The van der Waals surface area contributed by atoms with Gasteiger partial charge in [0.05, 0.1) is 6.61 Å². The highest BCUT2D eigenvalue weighted by atomic mass is 19.1. The number of hydrogen-bond donors (Lipinski definition) is 1. The number of methoxy groups -OCH3 is 1. The van der Waals surface area contributed by atoms with Crippen LogP contribution in [-0.4, -0.2) is 48.7 Å². The number of halogens is 1. The fourth-order valence-electron chi connectivity index (χ4n) is 3.08. The Hall–Kier alpha value is -1.95. The molecule has 1 N–H and O–H groups in total. The van der Waals surface area contributed by atoms with E-state index >= 15 is 0 Å². The first-order chi connectivity index (χ1) is 10.9. The summed E-state index contributed by atoms with van der Waals surface area (Å²) in [5.41, 5.74) is -0.545. The standard InChI is InChI=1S/C17H22FNO4/c1-12(9-13-5-3-4-6-14(13)18)15(20)19-8-7-17(10-19,11-23-2)16(21)22/h3-6,12H,7-11H2,1-2H3,(H,21,22). The summed E-state index contributed by atoms with van der Waals surface area (Å²) in [4.78, 5) is 25.6. The lowest BCUT2D eigenvalue weighted by Gasteiger charge is -2.25. The van der Waals surface area contributed by atoms with Gasteiger partial charge in [0.1, 0.15) is 11.2 Å². The van der Waals surface area contributed by atoms with Crippen LogP contribution < -0.4 is 0 Å². The molecule has 0 aliphatic carbocycles. The third-order valence-corrected chi connectivity index (χ3v) is 4.45. The number of hydrogen-bond acceptors (Lipinski definition) is 3. The monoisotopic (exact) mass is 323 g/mol. The van der Waals surface area contributed by atoms with Crippen LogP contribution >= 0.6 is 0 Å². The number of carboxylic acid groups (broad SMARTS) is 1. The second-order valence-corrected chi connectivity index (χ2v) is 6.22. The van der Waals surface area contributed by atoms with Gasteiger partial charge in [-0.05, 0) is 24.5 Å². The van der Waals surface area contributed by atoms with Crippen molar-refractivity contribution in [2.24, 2.45) is 11.3 Å². The Bertz CT molecular complexity index is 592. The minimum absolute atomic E-state index is 0.0772. The third kappa shape index (κ3) is 3.69. The molecule has 2 rings (SSSR count). The van der Waals surface area contributed by atoms with Crippen LogP contribution in [0.4, 0.5) is 4.39 Å². The smallest absolute Gasteiger partial charge is 0.313 e. The molecule has 2 unspecified atom stereocenters. The molecule has 0 spiro atoms. The molecule has 1 aliphatic rings. The number of rotatable bonds is 6. The van der Waals surface area contributed by atoms with Crippen molar-refractivity contribution in [1.82, 2.24) is 4.90 Å². The molecule has 1 saturated heterocycles. The lowest BCUT2D eigenvalue weighted by Crippen LogP contribution is -2.41. The van der Waals surface area contributed by atoms with Gasteiger partial charge in [0.2, 0.25) is 5.91 Å². The average Bonchev–Trinajstić information content (AvgIpc) is 2.95. The number of nitrogens with zero attached hydrogens (tertiary/aromatic N) is 1. The van der Waals surface area contributed by atoms with Crippen molar-refractivity contribution in [3.8, 4) is 0 Å². The zero-order valence-corrected chi connectivity index (χ0v) is 13.4. The molecule has 0 radical (unpaired) electrons. The number of aliphatic carboxylic acids is 1. The Balaban J connectivity index is 2.03. The van der Waals surface area contributed by atoms with E-state index in [0.717, 1.165) is 0 Å². The van der Waals surface area contributed by atoms with Crippen molar-refractivity contribution < 1.29 is 23.8 Å². The predicted octanol–water partition coefficient (Wildman–Crippen LogP) is 1.95. The summed E-state index contributed by atoms with van der Waals surface area (Å²) < 4.78 is 18.7. The quantitative estimate of drug-likeness (QED) is 0.869. The van der Waals surface area contributed by atoms with E-state index in [9.17, 15) is 19.1 Å². The summed E-state index contributed by atoms with van der Waals surface area (Å²) in [6.45, 7) is 2.34. The summed E-state index contributed by atoms with van der Waals surface area (Å²) in [6.07, 6.45) is 0.667. The number of carboxylic acids is 1. The molecule has 2 atom stereocenters. The molecule has 1 aromatic carbocycles. The van der Waals surface area contributed by atoms with Gasteiger partial charge in [-0.1, -0.05) is 25.1 Å². The highest BCUT2D eigenvalue weighted by molar-refractivity contribution is 5.82. The van der Waals surface area contributed by atoms with Gasteiger partial charge in [-0.25, -0.2) is 4.39 Å². The van der Waals surface area contributed by atoms with E-state index in [1.165, 1.54) is 13.2 Å². The van der Waals surface area contributed by atoms with Crippen LogP contribution in [0.2, 0.25) is 0 Å². The second-order valence-electron chi connectivity index (χ2n) is 6.22. The zero-order chi connectivity index (χ0) is 17.0. The molecule has 1 heterocycles. The number of likely N-dealkylation sites (tertiary alicyclic amines) is 1. The molecule has 0 bridgehead atoms. The first kappa shape index (κ1) is 17.4. The maximum atomic E-state index is 13.7. The van der Waals surface area contributed by atoms with Crippen LogP contribution in [0.3, 0.4) is 0 Å². The van der Waals surface area contributed by atoms with Gasteiger partial charge in [-0.2, -0.15) is 0 Å². The van der Waals surface area contributed by atoms with Gasteiger partial charge >= 0.3 is 5.97 Å². The van der Waals surface area contributed by atoms with Gasteiger partial charge < -0.3 is 14.7 Å². The van der Waals surface area contributed by atoms with Gasteiger partial charge in [-0.15, -0.1) is 0 Å². The number of carbonyl (C=O) groups excluding carboxylic acids is 1. The number of carbonyl (C=O) groups is 2. The lowest BCUT2D eigenvalue weighted by atomic mass is 9.88. The number of ether oxygens (including phenoxy) is 1. The number of amides is 1. The SMILES string of the molecule is COCC1(C(=O)O)CCN(C(=O)C(C)Cc2ccccc2F)C1. The highest BCUT2D eigenvalue weighted by Crippen LogP contribution is 2.32. The van der Waals surface area contributed by atoms with Crippen molar-refractivity contribution in [2.75, 3.05) is 26.8 Å². The normalized spacial score (nSPS) is 22.1. The van der Waals surface area contributed by atoms with Crippen molar-refractivity contribution in [3.63, 3.8) is 0 Å². The van der Waals surface area contributed by atoms with Crippen molar-refractivity contribution in [2.45, 2.75) is 19.8 Å². The minimum Gasteiger partial charge on any atom is -0.481 e. The van der Waals surface area contributed by atoms with Crippen LogP contribution in [0.1, 0.15) is 18.9 Å². The Morgan fingerprint density at radius 2 is 2.13 bits per heavy atom. The van der Waals surface area contributed by atoms with Crippen LogP contribution in [0.15, 0.2) is 24.3 Å². The van der Waals surface area contributed by atoms with E-state index in [4.69, 9.17) is 4.74 Å². The minimum atomic E-state index is -1.04. The van der Waals surface area contributed by atoms with Crippen LogP contribution in [0.5, 0.6) is 0 Å². The summed E-state index contributed by atoms with van der Waals surface area (Å²) in [6, 6.07) is 6.38. The van der Waals surface area contributed by atoms with Crippen LogP contribution in [0.25, 0.3) is 0 Å². The Kier molecular flexibility index (Phi) is 5.36. The molecule has 1 fully saturated rings. The van der Waals surface area contributed by atoms with E-state index < -0.39 is 17.3 Å². The Morgan fingerprint density at radius 1 is 1.43 bits per heavy atom. The third-order valence-electron chi connectivity index (χ3n) is 4.45. The molecule has 126 valence electrons. The predicted molar refractivity (Wildman–Crippen MR) is 82.4 cm³/mol. The topological polar surface area (TPSA) is 66.8 Å². The number of benzene rings is 1. The van der Waals surface area contributed by atoms with Crippen LogP contribution in [-0.2, 0) is 20.7 Å². The van der Waals surface area contributed by atoms with E-state index in [0.29, 0.717) is 24.9 Å². The largest absolute Gasteiger partial charge is 0.481 e. The summed E-state index contributed by atoms with van der Waals surface area (Å²) >= 11 is 0. The zero-order valence-electron chi connectivity index (χ0n) is 13.4. The molecular formula is C17H22FNO4. The van der Waals surface area contributed by atoms with Gasteiger partial charge in [-0.3, -0.25) is 9.59 Å². The lowest BCUT2D eigenvalue weighted by molar-refractivity contribution is -0.151. The van der Waals surface area contributed by atoms with Gasteiger partial charge in [0.15, 0.2) is 0 Å². The average molecular weight is 323 g/mol. The van der Waals surface area contributed by atoms with Crippen LogP contribution in [0, 0.1) is 17.2 Å². The van der Waals surface area contributed by atoms with Gasteiger partial charge in [0, 0.05) is 26.1 Å². The fraction of sp³-hybridized carbons (Fsp3) is 0.529. The van der Waals surface area contributed by atoms with E-state index in [1.807, 2.05) is 0 Å². The molecular weight excluding hydrogens is 301 g/mol. The maximum absolute atomic E-state index is 13.7. The molecule has 6 heteroatoms.